The summed E-state index contributed by atoms with van der Waals surface area (Å²) in [5.41, 5.74) is 1.07. The lowest BCUT2D eigenvalue weighted by atomic mass is 9.85. The lowest BCUT2D eigenvalue weighted by Crippen LogP contribution is -2.39. The second-order valence-corrected chi connectivity index (χ2v) is 11.6. The first kappa shape index (κ1) is 27.0. The topological polar surface area (TPSA) is 103 Å². The Morgan fingerprint density at radius 3 is 2.53 bits per heavy atom. The number of aliphatic hydroxyl groups excluding tert-OH is 1. The van der Waals surface area contributed by atoms with Crippen LogP contribution in [0.15, 0.2) is 30.6 Å². The third-order valence-corrected chi connectivity index (χ3v) is 8.81. The number of halogens is 1. The van der Waals surface area contributed by atoms with Crippen LogP contribution in [0.3, 0.4) is 0 Å². The number of amides is 1. The lowest BCUT2D eigenvalue weighted by Gasteiger charge is -2.35. The zero-order valence-electron chi connectivity index (χ0n) is 21.9. The third kappa shape index (κ3) is 6.88. The number of carbonyl (C=O) groups is 1. The van der Waals surface area contributed by atoms with Gasteiger partial charge in [-0.1, -0.05) is 11.6 Å². The molecule has 8 nitrogen and oxygen atoms in total. The van der Waals surface area contributed by atoms with Crippen molar-refractivity contribution in [3.05, 3.63) is 46.7 Å². The van der Waals surface area contributed by atoms with E-state index < -0.39 is 0 Å². The van der Waals surface area contributed by atoms with Gasteiger partial charge >= 0.3 is 0 Å². The predicted molar refractivity (Wildman–Crippen MR) is 145 cm³/mol. The number of nitriles is 1. The fourth-order valence-corrected chi connectivity index (χ4v) is 6.37. The molecule has 1 aromatic carbocycles. The monoisotopic (exact) mass is 539 g/mol. The SMILES string of the molecule is N#Cc1ccc(OC2CCC(NC(=O)c3cnn(C4CCC(CN5CCC(O)CC5)CC4)c3)CC2)cc1Cl. The van der Waals surface area contributed by atoms with E-state index in [9.17, 15) is 9.90 Å². The fraction of sp³-hybridized carbons (Fsp3) is 0.621. The van der Waals surface area contributed by atoms with Gasteiger partial charge in [-0.25, -0.2) is 0 Å². The second kappa shape index (κ2) is 12.5. The Kier molecular flexibility index (Phi) is 8.88. The molecule has 2 N–H and O–H groups in total. The van der Waals surface area contributed by atoms with Crippen LogP contribution in [0.25, 0.3) is 0 Å². The van der Waals surface area contributed by atoms with E-state index in [-0.39, 0.29) is 24.2 Å². The molecule has 1 aromatic heterocycles. The van der Waals surface area contributed by atoms with Gasteiger partial charge in [-0.2, -0.15) is 10.4 Å². The molecule has 2 heterocycles. The van der Waals surface area contributed by atoms with Gasteiger partial charge in [0.15, 0.2) is 0 Å². The van der Waals surface area contributed by atoms with Crippen LogP contribution >= 0.6 is 11.6 Å². The van der Waals surface area contributed by atoms with Crippen molar-refractivity contribution in [3.8, 4) is 11.8 Å². The van der Waals surface area contributed by atoms with E-state index in [2.05, 4.69) is 21.4 Å². The molecular weight excluding hydrogens is 502 g/mol. The van der Waals surface area contributed by atoms with Crippen LogP contribution < -0.4 is 10.1 Å². The predicted octanol–water partition coefficient (Wildman–Crippen LogP) is 4.72. The van der Waals surface area contributed by atoms with Crippen molar-refractivity contribution in [1.82, 2.24) is 20.0 Å². The first-order valence-corrected chi connectivity index (χ1v) is 14.5. The summed E-state index contributed by atoms with van der Waals surface area (Å²) in [6, 6.07) is 7.70. The molecule has 1 aliphatic heterocycles. The quantitative estimate of drug-likeness (QED) is 0.528. The van der Waals surface area contributed by atoms with Crippen LogP contribution in [0, 0.1) is 17.2 Å². The highest BCUT2D eigenvalue weighted by molar-refractivity contribution is 6.31. The molecule has 0 bridgehead atoms. The molecule has 0 unspecified atom stereocenters. The Bertz CT molecular complexity index is 1120. The highest BCUT2D eigenvalue weighted by Gasteiger charge is 2.28. The van der Waals surface area contributed by atoms with Gasteiger partial charge in [-0.3, -0.25) is 9.48 Å². The number of aliphatic hydroxyl groups is 1. The number of nitrogens with one attached hydrogen (secondary N) is 1. The minimum absolute atomic E-state index is 0.0551. The molecule has 2 aromatic rings. The summed E-state index contributed by atoms with van der Waals surface area (Å²) in [5.74, 6) is 1.34. The largest absolute Gasteiger partial charge is 0.490 e. The van der Waals surface area contributed by atoms with Gasteiger partial charge in [0.05, 0.1) is 40.6 Å². The van der Waals surface area contributed by atoms with Gasteiger partial charge in [0.2, 0.25) is 0 Å². The molecule has 1 saturated heterocycles. The number of benzene rings is 1. The number of rotatable bonds is 7. The minimum Gasteiger partial charge on any atom is -0.490 e. The molecule has 3 fully saturated rings. The fourth-order valence-electron chi connectivity index (χ4n) is 6.16. The van der Waals surface area contributed by atoms with Crippen LogP contribution in [0.2, 0.25) is 5.02 Å². The van der Waals surface area contributed by atoms with Crippen molar-refractivity contribution in [2.24, 2.45) is 5.92 Å². The molecule has 2 saturated carbocycles. The molecule has 1 amide bonds. The van der Waals surface area contributed by atoms with Crippen LogP contribution in [-0.2, 0) is 0 Å². The Morgan fingerprint density at radius 1 is 1.11 bits per heavy atom. The maximum Gasteiger partial charge on any atom is 0.254 e. The van der Waals surface area contributed by atoms with Crippen LogP contribution in [0.1, 0.15) is 86.2 Å². The average molecular weight is 540 g/mol. The second-order valence-electron chi connectivity index (χ2n) is 11.2. The van der Waals surface area contributed by atoms with Gasteiger partial charge in [0, 0.05) is 37.9 Å². The number of piperidine rings is 1. The van der Waals surface area contributed by atoms with Crippen LogP contribution in [-0.4, -0.2) is 63.6 Å². The molecule has 2 aliphatic carbocycles. The number of ether oxygens (including phenoxy) is 1. The summed E-state index contributed by atoms with van der Waals surface area (Å²) in [7, 11) is 0. The van der Waals surface area contributed by atoms with Crippen molar-refractivity contribution in [2.45, 2.75) is 88.5 Å². The van der Waals surface area contributed by atoms with E-state index in [4.69, 9.17) is 21.6 Å². The average Bonchev–Trinajstić information content (AvgIpc) is 3.42. The van der Waals surface area contributed by atoms with E-state index in [0.717, 1.165) is 71.0 Å². The number of nitrogens with zero attached hydrogens (tertiary/aromatic N) is 4. The maximum absolute atomic E-state index is 12.9. The van der Waals surface area contributed by atoms with Crippen molar-refractivity contribution in [3.63, 3.8) is 0 Å². The number of hydrogen-bond donors (Lipinski definition) is 2. The molecule has 3 aliphatic rings. The van der Waals surface area contributed by atoms with Crippen molar-refractivity contribution in [2.75, 3.05) is 19.6 Å². The highest BCUT2D eigenvalue weighted by Crippen LogP contribution is 2.33. The molecule has 204 valence electrons. The number of aromatic nitrogens is 2. The van der Waals surface area contributed by atoms with Gasteiger partial charge < -0.3 is 20.1 Å². The molecular formula is C29H38ClN5O3. The normalized spacial score (nSPS) is 27.0. The highest BCUT2D eigenvalue weighted by atomic mass is 35.5. The number of likely N-dealkylation sites (tertiary alicyclic amines) is 1. The molecule has 5 rings (SSSR count). The molecule has 0 atom stereocenters. The first-order valence-electron chi connectivity index (χ1n) is 14.1. The van der Waals surface area contributed by atoms with E-state index in [1.54, 1.807) is 24.4 Å². The Balaban J connectivity index is 1.04. The smallest absolute Gasteiger partial charge is 0.254 e. The molecule has 38 heavy (non-hydrogen) atoms. The minimum atomic E-state index is -0.114. The summed E-state index contributed by atoms with van der Waals surface area (Å²) >= 11 is 6.12. The first-order chi connectivity index (χ1) is 18.5. The van der Waals surface area contributed by atoms with Crippen LogP contribution in [0.5, 0.6) is 5.75 Å². The Morgan fingerprint density at radius 2 is 1.84 bits per heavy atom. The van der Waals surface area contributed by atoms with E-state index in [0.29, 0.717) is 33.9 Å². The Labute approximate surface area is 229 Å². The van der Waals surface area contributed by atoms with Crippen LogP contribution in [0.4, 0.5) is 0 Å². The summed E-state index contributed by atoms with van der Waals surface area (Å²) < 4.78 is 8.06. The van der Waals surface area contributed by atoms with Crippen molar-refractivity contribution >= 4 is 17.5 Å². The van der Waals surface area contributed by atoms with Gasteiger partial charge in [0.1, 0.15) is 11.8 Å². The molecule has 0 spiro atoms. The third-order valence-electron chi connectivity index (χ3n) is 8.50. The molecule has 9 heteroatoms. The van der Waals surface area contributed by atoms with Gasteiger partial charge in [0.25, 0.3) is 5.91 Å². The van der Waals surface area contributed by atoms with E-state index in [1.165, 1.54) is 12.8 Å². The zero-order valence-corrected chi connectivity index (χ0v) is 22.7. The van der Waals surface area contributed by atoms with Crippen molar-refractivity contribution in [1.29, 1.82) is 5.26 Å². The maximum atomic E-state index is 12.9. The number of hydrogen-bond acceptors (Lipinski definition) is 6. The number of carbonyl (C=O) groups excluding carboxylic acids is 1. The molecule has 0 radical (unpaired) electrons. The summed E-state index contributed by atoms with van der Waals surface area (Å²) in [4.78, 5) is 15.4. The summed E-state index contributed by atoms with van der Waals surface area (Å²) in [6.45, 7) is 3.17. The van der Waals surface area contributed by atoms with E-state index in [1.807, 2.05) is 10.9 Å². The zero-order chi connectivity index (χ0) is 26.5. The standard InChI is InChI=1S/C29H38ClN5O3/c30-28-15-27(8-3-21(28)16-31)38-26-9-4-23(5-10-26)33-29(37)22-17-32-35(19-22)24-6-1-20(2-7-24)18-34-13-11-25(36)12-14-34/h3,8,15,17,19-20,23-26,36H,1-2,4-7,9-14,18H2,(H,33,37). The Hall–Kier alpha value is -2.60. The summed E-state index contributed by atoms with van der Waals surface area (Å²) in [6.07, 6.45) is 13.3. The van der Waals surface area contributed by atoms with E-state index >= 15 is 0 Å². The lowest BCUT2D eigenvalue weighted by molar-refractivity contribution is 0.0687. The van der Waals surface area contributed by atoms with Crippen molar-refractivity contribution < 1.29 is 14.6 Å². The summed E-state index contributed by atoms with van der Waals surface area (Å²) in [5, 5.41) is 26.9. The van der Waals surface area contributed by atoms with Gasteiger partial charge in [-0.05, 0) is 82.3 Å². The van der Waals surface area contributed by atoms with Gasteiger partial charge in [-0.15, -0.1) is 0 Å².